The van der Waals surface area contributed by atoms with Crippen LogP contribution in [0.1, 0.15) is 37.0 Å². The molecule has 2 aromatic carbocycles. The fourth-order valence-electron chi connectivity index (χ4n) is 2.89. The molecule has 3 rings (SSSR count). The van der Waals surface area contributed by atoms with E-state index in [4.69, 9.17) is 4.74 Å². The molecular weight excluding hydrogens is 322 g/mol. The Bertz CT molecular complexity index is 770. The fraction of sp³-hybridized carbons (Fsp3) is 0.368. The van der Waals surface area contributed by atoms with Gasteiger partial charge in [0.2, 0.25) is 10.0 Å². The highest BCUT2D eigenvalue weighted by molar-refractivity contribution is 7.89. The molecule has 0 bridgehead atoms. The Hall–Kier alpha value is -1.69. The minimum atomic E-state index is -3.49. The maximum atomic E-state index is 12.9. The van der Waals surface area contributed by atoms with E-state index in [1.807, 2.05) is 42.5 Å². The molecule has 0 amide bonds. The summed E-state index contributed by atoms with van der Waals surface area (Å²) in [6.45, 7) is 5.32. The number of morpholine rings is 1. The van der Waals surface area contributed by atoms with Gasteiger partial charge < -0.3 is 4.74 Å². The van der Waals surface area contributed by atoms with Gasteiger partial charge in [-0.15, -0.1) is 0 Å². The second-order valence-electron chi connectivity index (χ2n) is 6.36. The van der Waals surface area contributed by atoms with Crippen LogP contribution in [0.25, 0.3) is 0 Å². The van der Waals surface area contributed by atoms with Crippen LogP contribution < -0.4 is 0 Å². The molecule has 0 aromatic heterocycles. The van der Waals surface area contributed by atoms with Gasteiger partial charge in [-0.1, -0.05) is 56.3 Å². The van der Waals surface area contributed by atoms with Crippen LogP contribution in [0.15, 0.2) is 59.5 Å². The van der Waals surface area contributed by atoms with E-state index in [0.29, 0.717) is 30.5 Å². The minimum Gasteiger partial charge on any atom is -0.371 e. The zero-order valence-corrected chi connectivity index (χ0v) is 14.9. The fourth-order valence-corrected chi connectivity index (χ4v) is 4.31. The number of ether oxygens (including phenoxy) is 1. The Morgan fingerprint density at radius 3 is 2.33 bits per heavy atom. The van der Waals surface area contributed by atoms with Crippen molar-refractivity contribution in [2.45, 2.75) is 30.8 Å². The van der Waals surface area contributed by atoms with Gasteiger partial charge in [0.25, 0.3) is 0 Å². The molecule has 1 fully saturated rings. The Morgan fingerprint density at radius 2 is 1.71 bits per heavy atom. The number of hydrogen-bond donors (Lipinski definition) is 0. The molecule has 24 heavy (non-hydrogen) atoms. The molecule has 128 valence electrons. The summed E-state index contributed by atoms with van der Waals surface area (Å²) in [6, 6.07) is 17.0. The highest BCUT2D eigenvalue weighted by Crippen LogP contribution is 2.27. The van der Waals surface area contributed by atoms with E-state index >= 15 is 0 Å². The molecule has 5 heteroatoms. The van der Waals surface area contributed by atoms with Gasteiger partial charge in [-0.05, 0) is 29.2 Å². The normalized spacial score (nSPS) is 19.5. The molecule has 0 saturated carbocycles. The molecule has 2 aromatic rings. The zero-order chi connectivity index (χ0) is 17.2. The SMILES string of the molecule is CC(C)c1ccc(S(=O)(=O)N2CCO[C@H](c3ccccc3)C2)cc1. The maximum absolute atomic E-state index is 12.9. The maximum Gasteiger partial charge on any atom is 0.243 e. The average molecular weight is 345 g/mol. The van der Waals surface area contributed by atoms with Gasteiger partial charge in [-0.25, -0.2) is 8.42 Å². The monoisotopic (exact) mass is 345 g/mol. The topological polar surface area (TPSA) is 46.6 Å². The summed E-state index contributed by atoms with van der Waals surface area (Å²) in [5.41, 5.74) is 2.14. The van der Waals surface area contributed by atoms with E-state index in [0.717, 1.165) is 11.1 Å². The Kier molecular flexibility index (Phi) is 5.04. The molecule has 0 spiro atoms. The van der Waals surface area contributed by atoms with E-state index in [1.54, 1.807) is 12.1 Å². The molecular formula is C19H23NO3S. The van der Waals surface area contributed by atoms with Crippen LogP contribution in [0, 0.1) is 0 Å². The highest BCUT2D eigenvalue weighted by atomic mass is 32.2. The number of benzene rings is 2. The van der Waals surface area contributed by atoms with Gasteiger partial charge in [0.05, 0.1) is 17.6 Å². The zero-order valence-electron chi connectivity index (χ0n) is 14.1. The third kappa shape index (κ3) is 3.53. The summed E-state index contributed by atoms with van der Waals surface area (Å²) in [6.07, 6.45) is -0.218. The van der Waals surface area contributed by atoms with Crippen LogP contribution in [-0.4, -0.2) is 32.4 Å². The van der Waals surface area contributed by atoms with Gasteiger partial charge >= 0.3 is 0 Å². The Balaban J connectivity index is 1.81. The molecule has 0 aliphatic carbocycles. The molecule has 1 saturated heterocycles. The van der Waals surface area contributed by atoms with Gasteiger partial charge in [0, 0.05) is 13.1 Å². The van der Waals surface area contributed by atoms with Crippen LogP contribution in [0.4, 0.5) is 0 Å². The smallest absolute Gasteiger partial charge is 0.243 e. The largest absolute Gasteiger partial charge is 0.371 e. The highest BCUT2D eigenvalue weighted by Gasteiger charge is 2.31. The number of sulfonamides is 1. The van der Waals surface area contributed by atoms with Gasteiger partial charge in [-0.3, -0.25) is 0 Å². The van der Waals surface area contributed by atoms with Crippen LogP contribution in [0.5, 0.6) is 0 Å². The second-order valence-corrected chi connectivity index (χ2v) is 8.29. The summed E-state index contributed by atoms with van der Waals surface area (Å²) in [4.78, 5) is 0.348. The third-order valence-corrected chi connectivity index (χ3v) is 6.26. The summed E-state index contributed by atoms with van der Waals surface area (Å²) < 4.78 is 33.1. The van der Waals surface area contributed by atoms with Crippen molar-refractivity contribution in [1.29, 1.82) is 0 Å². The molecule has 0 N–H and O–H groups in total. The van der Waals surface area contributed by atoms with Crippen molar-refractivity contribution in [2.75, 3.05) is 19.7 Å². The first-order valence-corrected chi connectivity index (χ1v) is 9.69. The van der Waals surface area contributed by atoms with E-state index < -0.39 is 10.0 Å². The first-order valence-electron chi connectivity index (χ1n) is 8.25. The lowest BCUT2D eigenvalue weighted by atomic mass is 10.0. The van der Waals surface area contributed by atoms with Crippen molar-refractivity contribution in [3.63, 3.8) is 0 Å². The quantitative estimate of drug-likeness (QED) is 0.851. The van der Waals surface area contributed by atoms with E-state index in [2.05, 4.69) is 13.8 Å². The molecule has 4 nitrogen and oxygen atoms in total. The number of hydrogen-bond acceptors (Lipinski definition) is 3. The van der Waals surface area contributed by atoms with E-state index in [-0.39, 0.29) is 6.10 Å². The minimum absolute atomic E-state index is 0.218. The first kappa shape index (κ1) is 17.1. The van der Waals surface area contributed by atoms with Crippen LogP contribution in [0.2, 0.25) is 0 Å². The first-order chi connectivity index (χ1) is 11.5. The summed E-state index contributed by atoms with van der Waals surface area (Å²) >= 11 is 0. The Labute approximate surface area is 144 Å². The van der Waals surface area contributed by atoms with Gasteiger partial charge in [0.15, 0.2) is 0 Å². The van der Waals surface area contributed by atoms with Gasteiger partial charge in [-0.2, -0.15) is 4.31 Å². The van der Waals surface area contributed by atoms with E-state index in [1.165, 1.54) is 4.31 Å². The molecule has 1 aliphatic rings. The lowest BCUT2D eigenvalue weighted by molar-refractivity contribution is -0.00255. The van der Waals surface area contributed by atoms with Crippen LogP contribution in [-0.2, 0) is 14.8 Å². The summed E-state index contributed by atoms with van der Waals surface area (Å²) in [7, 11) is -3.49. The van der Waals surface area contributed by atoms with Crippen molar-refractivity contribution in [3.05, 3.63) is 65.7 Å². The summed E-state index contributed by atoms with van der Waals surface area (Å²) in [5.74, 6) is 0.382. The van der Waals surface area contributed by atoms with Crippen molar-refractivity contribution in [1.82, 2.24) is 4.31 Å². The molecule has 0 unspecified atom stereocenters. The van der Waals surface area contributed by atoms with E-state index in [9.17, 15) is 8.42 Å². The van der Waals surface area contributed by atoms with Gasteiger partial charge in [0.1, 0.15) is 0 Å². The van der Waals surface area contributed by atoms with Crippen LogP contribution in [0.3, 0.4) is 0 Å². The lowest BCUT2D eigenvalue weighted by Gasteiger charge is -2.32. The predicted molar refractivity (Wildman–Crippen MR) is 94.4 cm³/mol. The molecule has 1 atom stereocenters. The Morgan fingerprint density at radius 1 is 1.04 bits per heavy atom. The number of nitrogens with zero attached hydrogens (tertiary/aromatic N) is 1. The summed E-state index contributed by atoms with van der Waals surface area (Å²) in [5, 5.41) is 0. The second kappa shape index (κ2) is 7.05. The molecule has 0 radical (unpaired) electrons. The third-order valence-electron chi connectivity index (χ3n) is 4.39. The standard InChI is InChI=1S/C19H23NO3S/c1-15(2)16-8-10-18(11-9-16)24(21,22)20-12-13-23-19(14-20)17-6-4-3-5-7-17/h3-11,15,19H,12-14H2,1-2H3/t19-/m0/s1. The van der Waals surface area contributed by atoms with Crippen molar-refractivity contribution < 1.29 is 13.2 Å². The predicted octanol–water partition coefficient (Wildman–Crippen LogP) is 3.57. The average Bonchev–Trinajstić information content (AvgIpc) is 2.62. The lowest BCUT2D eigenvalue weighted by Crippen LogP contribution is -2.42. The van der Waals surface area contributed by atoms with Crippen molar-refractivity contribution in [2.24, 2.45) is 0 Å². The molecule has 1 heterocycles. The van der Waals surface area contributed by atoms with Crippen molar-refractivity contribution in [3.8, 4) is 0 Å². The van der Waals surface area contributed by atoms with Crippen LogP contribution >= 0.6 is 0 Å². The van der Waals surface area contributed by atoms with Crippen molar-refractivity contribution >= 4 is 10.0 Å². The molecule has 1 aliphatic heterocycles. The number of rotatable bonds is 4.